The molecule has 1 amide bonds. The number of benzene rings is 2. The topological polar surface area (TPSA) is 96.0 Å². The third-order valence-corrected chi connectivity index (χ3v) is 6.16. The summed E-state index contributed by atoms with van der Waals surface area (Å²) in [5.41, 5.74) is 3.44. The van der Waals surface area contributed by atoms with E-state index in [1.165, 1.54) is 29.0 Å². The van der Waals surface area contributed by atoms with Crippen molar-refractivity contribution in [3.8, 4) is 16.5 Å². The molecule has 0 unspecified atom stereocenters. The summed E-state index contributed by atoms with van der Waals surface area (Å²) in [4.78, 5) is 24.0. The van der Waals surface area contributed by atoms with Crippen molar-refractivity contribution in [2.75, 3.05) is 5.32 Å². The van der Waals surface area contributed by atoms with Crippen molar-refractivity contribution in [1.82, 2.24) is 0 Å². The summed E-state index contributed by atoms with van der Waals surface area (Å²) in [6.45, 7) is 0. The van der Waals surface area contributed by atoms with E-state index in [2.05, 4.69) is 17.5 Å². The maximum absolute atomic E-state index is 12.6. The van der Waals surface area contributed by atoms with E-state index in [9.17, 15) is 20.2 Å². The molecule has 1 aliphatic carbocycles. The number of halogens is 1. The summed E-state index contributed by atoms with van der Waals surface area (Å²) < 4.78 is 0. The maximum Gasteiger partial charge on any atom is 0.288 e. The standard InChI is InChI=1S/C20H12ClN3O3S/c21-16-8-6-12(9-17(16)24(26)27)19(25)23-20-15(10-22)14-7-5-11-3-1-2-4-13(11)18(14)28-20/h1-4,6,8-9H,5,7H2,(H,23,25). The highest BCUT2D eigenvalue weighted by molar-refractivity contribution is 7.20. The lowest BCUT2D eigenvalue weighted by Crippen LogP contribution is -2.12. The van der Waals surface area contributed by atoms with Gasteiger partial charge in [0.05, 0.1) is 10.5 Å². The van der Waals surface area contributed by atoms with Gasteiger partial charge in [0.25, 0.3) is 11.6 Å². The summed E-state index contributed by atoms with van der Waals surface area (Å²) in [5, 5.41) is 23.9. The Morgan fingerprint density at radius 2 is 2.04 bits per heavy atom. The van der Waals surface area contributed by atoms with Gasteiger partial charge < -0.3 is 5.32 Å². The predicted molar refractivity (Wildman–Crippen MR) is 108 cm³/mol. The first-order valence-corrected chi connectivity index (χ1v) is 9.58. The molecule has 1 N–H and O–H groups in total. The monoisotopic (exact) mass is 409 g/mol. The molecule has 0 atom stereocenters. The predicted octanol–water partition coefficient (Wildman–Crippen LogP) is 5.20. The zero-order chi connectivity index (χ0) is 19.8. The normalized spacial score (nSPS) is 11.9. The number of fused-ring (bicyclic) bond motifs is 3. The van der Waals surface area contributed by atoms with Crippen molar-refractivity contribution in [2.45, 2.75) is 12.8 Å². The molecular formula is C20H12ClN3O3S. The Morgan fingerprint density at radius 1 is 1.25 bits per heavy atom. The number of aryl methyl sites for hydroxylation is 1. The lowest BCUT2D eigenvalue weighted by Gasteiger charge is -2.15. The molecule has 0 aliphatic heterocycles. The van der Waals surface area contributed by atoms with Gasteiger partial charge in [-0.2, -0.15) is 5.26 Å². The van der Waals surface area contributed by atoms with Crippen LogP contribution in [0.5, 0.6) is 0 Å². The number of hydrogen-bond acceptors (Lipinski definition) is 5. The van der Waals surface area contributed by atoms with Gasteiger partial charge in [-0.05, 0) is 41.7 Å². The molecule has 0 spiro atoms. The largest absolute Gasteiger partial charge is 0.312 e. The number of nitrogens with zero attached hydrogens (tertiary/aromatic N) is 2. The minimum Gasteiger partial charge on any atom is -0.312 e. The molecule has 1 heterocycles. The van der Waals surface area contributed by atoms with E-state index in [0.717, 1.165) is 34.9 Å². The quantitative estimate of drug-likeness (QED) is 0.475. The van der Waals surface area contributed by atoms with Crippen LogP contribution in [0.15, 0.2) is 42.5 Å². The van der Waals surface area contributed by atoms with Crippen molar-refractivity contribution in [3.63, 3.8) is 0 Å². The van der Waals surface area contributed by atoms with Gasteiger partial charge in [-0.15, -0.1) is 11.3 Å². The third kappa shape index (κ3) is 3.03. The molecule has 8 heteroatoms. The molecule has 4 rings (SSSR count). The van der Waals surface area contributed by atoms with Gasteiger partial charge in [0, 0.05) is 16.5 Å². The number of carbonyl (C=O) groups excluding carboxylic acids is 1. The molecule has 0 saturated heterocycles. The number of thiophene rings is 1. The Kier molecular flexibility index (Phi) is 4.59. The number of nitrogens with one attached hydrogen (secondary N) is 1. The lowest BCUT2D eigenvalue weighted by molar-refractivity contribution is -0.384. The highest BCUT2D eigenvalue weighted by Gasteiger charge is 2.26. The van der Waals surface area contributed by atoms with Crippen LogP contribution < -0.4 is 5.32 Å². The van der Waals surface area contributed by atoms with Crippen LogP contribution in [0.25, 0.3) is 10.4 Å². The van der Waals surface area contributed by atoms with Gasteiger partial charge in [0.15, 0.2) is 0 Å². The van der Waals surface area contributed by atoms with Crippen molar-refractivity contribution >= 4 is 39.5 Å². The molecular weight excluding hydrogens is 398 g/mol. The average Bonchev–Trinajstić information content (AvgIpc) is 3.05. The number of hydrogen-bond donors (Lipinski definition) is 1. The van der Waals surface area contributed by atoms with Crippen LogP contribution >= 0.6 is 22.9 Å². The molecule has 0 radical (unpaired) electrons. The minimum atomic E-state index is -0.638. The van der Waals surface area contributed by atoms with Gasteiger partial charge in [0.1, 0.15) is 16.1 Å². The Balaban J connectivity index is 1.71. The number of rotatable bonds is 3. The van der Waals surface area contributed by atoms with Gasteiger partial charge in [0.2, 0.25) is 0 Å². The van der Waals surface area contributed by atoms with Crippen LogP contribution in [0.2, 0.25) is 5.02 Å². The smallest absolute Gasteiger partial charge is 0.288 e. The number of anilines is 1. The van der Waals surface area contributed by atoms with Gasteiger partial charge in [-0.25, -0.2) is 0 Å². The van der Waals surface area contributed by atoms with Crippen LogP contribution in [-0.4, -0.2) is 10.8 Å². The van der Waals surface area contributed by atoms with Gasteiger partial charge >= 0.3 is 0 Å². The van der Waals surface area contributed by atoms with Crippen LogP contribution in [0, 0.1) is 21.4 Å². The molecule has 28 heavy (non-hydrogen) atoms. The van der Waals surface area contributed by atoms with E-state index in [-0.39, 0.29) is 16.3 Å². The Hall–Kier alpha value is -3.21. The molecule has 138 valence electrons. The molecule has 0 saturated carbocycles. The molecule has 6 nitrogen and oxygen atoms in total. The van der Waals surface area contributed by atoms with E-state index in [0.29, 0.717) is 10.6 Å². The summed E-state index contributed by atoms with van der Waals surface area (Å²) >= 11 is 7.16. The second-order valence-corrected chi connectivity index (χ2v) is 7.69. The summed E-state index contributed by atoms with van der Waals surface area (Å²) in [5.74, 6) is -0.525. The minimum absolute atomic E-state index is 0.0394. The van der Waals surface area contributed by atoms with Crippen molar-refractivity contribution in [1.29, 1.82) is 5.26 Å². The van der Waals surface area contributed by atoms with Crippen LogP contribution in [0.1, 0.15) is 27.0 Å². The zero-order valence-electron chi connectivity index (χ0n) is 14.4. The highest BCUT2D eigenvalue weighted by Crippen LogP contribution is 2.44. The molecule has 2 aromatic carbocycles. The van der Waals surface area contributed by atoms with E-state index in [4.69, 9.17) is 11.6 Å². The Morgan fingerprint density at radius 3 is 2.79 bits per heavy atom. The number of carbonyl (C=O) groups is 1. The lowest BCUT2D eigenvalue weighted by atomic mass is 9.90. The molecule has 1 aromatic heterocycles. The second kappa shape index (κ2) is 7.08. The molecule has 1 aliphatic rings. The highest BCUT2D eigenvalue weighted by atomic mass is 35.5. The third-order valence-electron chi connectivity index (χ3n) is 4.66. The van der Waals surface area contributed by atoms with Crippen molar-refractivity contribution in [2.24, 2.45) is 0 Å². The molecule has 0 fully saturated rings. The van der Waals surface area contributed by atoms with Crippen LogP contribution in [0.3, 0.4) is 0 Å². The van der Waals surface area contributed by atoms with E-state index in [1.807, 2.05) is 18.2 Å². The fourth-order valence-electron chi connectivity index (χ4n) is 3.32. The SMILES string of the molecule is N#Cc1c(NC(=O)c2ccc(Cl)c([N+](=O)[O-])c2)sc2c1CCc1ccccc1-2. The van der Waals surface area contributed by atoms with Crippen molar-refractivity contribution in [3.05, 3.63) is 79.9 Å². The number of amides is 1. The molecule has 3 aromatic rings. The fraction of sp³-hybridized carbons (Fsp3) is 0.100. The first kappa shape index (κ1) is 18.2. The summed E-state index contributed by atoms with van der Waals surface area (Å²) in [7, 11) is 0. The molecule has 0 bridgehead atoms. The van der Waals surface area contributed by atoms with Crippen LogP contribution in [-0.2, 0) is 12.8 Å². The van der Waals surface area contributed by atoms with Crippen LogP contribution in [0.4, 0.5) is 10.7 Å². The number of nitriles is 1. The summed E-state index contributed by atoms with van der Waals surface area (Å²) in [6.07, 6.45) is 1.57. The first-order valence-electron chi connectivity index (χ1n) is 8.39. The first-order chi connectivity index (χ1) is 13.5. The van der Waals surface area contributed by atoms with E-state index < -0.39 is 10.8 Å². The average molecular weight is 410 g/mol. The Labute approximate surface area is 169 Å². The van der Waals surface area contributed by atoms with Gasteiger partial charge in [-0.1, -0.05) is 35.9 Å². The van der Waals surface area contributed by atoms with E-state index in [1.54, 1.807) is 0 Å². The van der Waals surface area contributed by atoms with E-state index >= 15 is 0 Å². The Bertz CT molecular complexity index is 1180. The van der Waals surface area contributed by atoms with Crippen molar-refractivity contribution < 1.29 is 9.72 Å². The second-order valence-electron chi connectivity index (χ2n) is 6.26. The number of nitro groups is 1. The fourth-order valence-corrected chi connectivity index (χ4v) is 4.76. The maximum atomic E-state index is 12.6. The number of nitro benzene ring substituents is 1. The summed E-state index contributed by atoms with van der Waals surface area (Å²) in [6, 6.07) is 14.1. The zero-order valence-corrected chi connectivity index (χ0v) is 15.9. The van der Waals surface area contributed by atoms with Gasteiger partial charge in [-0.3, -0.25) is 14.9 Å².